The van der Waals surface area contributed by atoms with Crippen LogP contribution in [0.1, 0.15) is 26.7 Å². The van der Waals surface area contributed by atoms with Gasteiger partial charge in [0.1, 0.15) is 18.3 Å². The highest BCUT2D eigenvalue weighted by Gasteiger charge is 2.64. The van der Waals surface area contributed by atoms with E-state index in [1.54, 1.807) is 14.0 Å². The van der Waals surface area contributed by atoms with E-state index in [1.807, 2.05) is 13.0 Å². The van der Waals surface area contributed by atoms with Gasteiger partial charge in [-0.3, -0.25) is 0 Å². The smallest absolute Gasteiger partial charge is 0.334 e. The molecule has 0 amide bonds. The van der Waals surface area contributed by atoms with Gasteiger partial charge in [0.2, 0.25) is 0 Å². The Morgan fingerprint density at radius 1 is 1.41 bits per heavy atom. The summed E-state index contributed by atoms with van der Waals surface area (Å²) in [5, 5.41) is 0. The van der Waals surface area contributed by atoms with Gasteiger partial charge in [-0.2, -0.15) is 0 Å². The lowest BCUT2D eigenvalue weighted by molar-refractivity contribution is -0.149. The Labute approximate surface area is 157 Å². The Bertz CT molecular complexity index is 753. The lowest BCUT2D eigenvalue weighted by Gasteiger charge is -2.28. The third kappa shape index (κ3) is 3.03. The molecule has 0 N–H and O–H groups in total. The van der Waals surface area contributed by atoms with Crippen molar-refractivity contribution in [1.29, 1.82) is 0 Å². The van der Waals surface area contributed by atoms with Gasteiger partial charge in [-0.25, -0.2) is 9.59 Å². The molecule has 0 saturated carbocycles. The van der Waals surface area contributed by atoms with Crippen molar-refractivity contribution in [3.63, 3.8) is 0 Å². The number of epoxide rings is 1. The molecule has 27 heavy (non-hydrogen) atoms. The molecule has 7 atom stereocenters. The van der Waals surface area contributed by atoms with Crippen LogP contribution in [0.4, 0.5) is 0 Å². The van der Waals surface area contributed by atoms with Gasteiger partial charge in [0, 0.05) is 31.1 Å². The minimum absolute atomic E-state index is 0.172. The first-order valence-electron chi connectivity index (χ1n) is 9.06. The zero-order valence-electron chi connectivity index (χ0n) is 15.7. The summed E-state index contributed by atoms with van der Waals surface area (Å²) in [5.41, 5.74) is 0.964. The molecule has 2 saturated heterocycles. The second kappa shape index (κ2) is 6.29. The Balaban J connectivity index is 1.72. The standard InChI is InChI=1S/C20H24O7/c1-9(2)17(21)25-13-7-11-6-12(24-19(11)23-5)8-20(4)16(27-20)15-14(13)10(3)18(22)26-15/h6,12-16,19H,1,3,7-8H2,2,4-5H3/t12-,13+,14-,15+,16+,19-,20-/m1/s1. The normalized spacial score (nSPS) is 42.6. The van der Waals surface area contributed by atoms with E-state index in [-0.39, 0.29) is 17.8 Å². The Morgan fingerprint density at radius 3 is 2.81 bits per heavy atom. The maximum Gasteiger partial charge on any atom is 0.334 e. The predicted molar refractivity (Wildman–Crippen MR) is 93.5 cm³/mol. The van der Waals surface area contributed by atoms with Crippen LogP contribution in [-0.2, 0) is 33.3 Å². The van der Waals surface area contributed by atoms with Crippen LogP contribution in [0.15, 0.2) is 36.0 Å². The second-order valence-electron chi connectivity index (χ2n) is 7.89. The summed E-state index contributed by atoms with van der Waals surface area (Å²) in [6.07, 6.45) is 0.794. The predicted octanol–water partition coefficient (Wildman–Crippen LogP) is 1.82. The fourth-order valence-electron chi connectivity index (χ4n) is 4.32. The lowest BCUT2D eigenvalue weighted by atomic mass is 9.82. The largest absolute Gasteiger partial charge is 0.458 e. The van der Waals surface area contributed by atoms with Gasteiger partial charge >= 0.3 is 11.9 Å². The van der Waals surface area contributed by atoms with Crippen LogP contribution in [0.25, 0.3) is 0 Å². The third-order valence-corrected chi connectivity index (χ3v) is 5.77. The highest BCUT2D eigenvalue weighted by molar-refractivity contribution is 5.91. The van der Waals surface area contributed by atoms with Crippen molar-refractivity contribution in [2.24, 2.45) is 5.92 Å². The van der Waals surface area contributed by atoms with E-state index in [2.05, 4.69) is 13.2 Å². The number of fused-ring (bicyclic) bond motifs is 4. The summed E-state index contributed by atoms with van der Waals surface area (Å²) >= 11 is 0. The molecule has 0 spiro atoms. The van der Waals surface area contributed by atoms with Gasteiger partial charge < -0.3 is 23.7 Å². The van der Waals surface area contributed by atoms with Crippen LogP contribution in [0, 0.1) is 5.92 Å². The molecule has 1 aliphatic carbocycles. The van der Waals surface area contributed by atoms with Crippen molar-refractivity contribution < 1.29 is 33.3 Å². The van der Waals surface area contributed by atoms with E-state index in [9.17, 15) is 9.59 Å². The average molecular weight is 376 g/mol. The van der Waals surface area contributed by atoms with Crippen molar-refractivity contribution in [1.82, 2.24) is 0 Å². The number of carbonyl (C=O) groups is 2. The van der Waals surface area contributed by atoms with E-state index < -0.39 is 42.0 Å². The number of esters is 2. The highest BCUT2D eigenvalue weighted by atomic mass is 16.7. The van der Waals surface area contributed by atoms with Crippen LogP contribution in [0.2, 0.25) is 0 Å². The van der Waals surface area contributed by atoms with Gasteiger partial charge in [0.05, 0.1) is 17.6 Å². The Morgan fingerprint density at radius 2 is 2.15 bits per heavy atom. The Kier molecular flexibility index (Phi) is 4.29. The van der Waals surface area contributed by atoms with Gasteiger partial charge in [-0.1, -0.05) is 19.2 Å². The maximum atomic E-state index is 12.3. The molecule has 0 aromatic carbocycles. The minimum atomic E-state index is -0.657. The average Bonchev–Trinajstić information content (AvgIpc) is 2.96. The quantitative estimate of drug-likeness (QED) is 0.321. The fraction of sp³-hybridized carbons (Fsp3) is 0.600. The summed E-state index contributed by atoms with van der Waals surface area (Å²) in [6.45, 7) is 11.1. The molecule has 0 unspecified atom stereocenters. The Hall–Kier alpha value is -1.96. The van der Waals surface area contributed by atoms with Crippen molar-refractivity contribution in [3.8, 4) is 0 Å². The van der Waals surface area contributed by atoms with Gasteiger partial charge in [0.15, 0.2) is 6.29 Å². The van der Waals surface area contributed by atoms with E-state index in [4.69, 9.17) is 23.7 Å². The molecule has 0 aromatic rings. The van der Waals surface area contributed by atoms with Crippen LogP contribution in [0.5, 0.6) is 0 Å². The molecule has 4 rings (SSSR count). The lowest BCUT2D eigenvalue weighted by Crippen LogP contribution is -2.39. The van der Waals surface area contributed by atoms with Gasteiger partial charge in [-0.15, -0.1) is 0 Å². The third-order valence-electron chi connectivity index (χ3n) is 5.77. The molecule has 0 radical (unpaired) electrons. The number of hydrogen-bond acceptors (Lipinski definition) is 7. The second-order valence-corrected chi connectivity index (χ2v) is 7.89. The number of rotatable bonds is 3. The number of hydrogen-bond donors (Lipinski definition) is 0. The summed E-state index contributed by atoms with van der Waals surface area (Å²) in [6, 6.07) is 0. The van der Waals surface area contributed by atoms with E-state index >= 15 is 0 Å². The molecular formula is C20H24O7. The van der Waals surface area contributed by atoms with E-state index in [1.165, 1.54) is 0 Å². The van der Waals surface area contributed by atoms with Gasteiger partial charge in [-0.05, 0) is 19.4 Å². The maximum absolute atomic E-state index is 12.3. The monoisotopic (exact) mass is 376 g/mol. The summed E-state index contributed by atoms with van der Waals surface area (Å²) in [5.74, 6) is -1.49. The van der Waals surface area contributed by atoms with Crippen molar-refractivity contribution >= 4 is 11.9 Å². The zero-order valence-corrected chi connectivity index (χ0v) is 15.7. The van der Waals surface area contributed by atoms with E-state index in [0.29, 0.717) is 18.4 Å². The molecule has 2 bridgehead atoms. The molecule has 3 aliphatic heterocycles. The van der Waals surface area contributed by atoms with Crippen LogP contribution in [-0.4, -0.2) is 55.4 Å². The summed E-state index contributed by atoms with van der Waals surface area (Å²) in [7, 11) is 1.57. The molecule has 7 heteroatoms. The molecule has 7 nitrogen and oxygen atoms in total. The number of ether oxygens (including phenoxy) is 5. The molecule has 3 heterocycles. The first-order chi connectivity index (χ1) is 12.7. The molecule has 2 fully saturated rings. The SMILES string of the molecule is C=C(C)C(=O)O[C@H]1CC2=C[C@H](C[C@@]3(C)O[C@H]3[C@H]3OC(=O)C(=C)[C@@H]31)O[C@H]2OC. The first-order valence-corrected chi connectivity index (χ1v) is 9.06. The summed E-state index contributed by atoms with van der Waals surface area (Å²) < 4.78 is 28.6. The molecule has 0 aromatic heterocycles. The molecule has 146 valence electrons. The van der Waals surface area contributed by atoms with Crippen molar-refractivity contribution in [3.05, 3.63) is 36.0 Å². The van der Waals surface area contributed by atoms with Crippen LogP contribution in [0.3, 0.4) is 0 Å². The highest BCUT2D eigenvalue weighted by Crippen LogP contribution is 2.51. The van der Waals surface area contributed by atoms with Gasteiger partial charge in [0.25, 0.3) is 0 Å². The number of methoxy groups -OCH3 is 1. The fourth-order valence-corrected chi connectivity index (χ4v) is 4.32. The summed E-state index contributed by atoms with van der Waals surface area (Å²) in [4.78, 5) is 24.5. The van der Waals surface area contributed by atoms with Crippen molar-refractivity contribution in [2.75, 3.05) is 7.11 Å². The molecule has 4 aliphatic rings. The number of carbonyl (C=O) groups excluding carboxylic acids is 2. The zero-order chi connectivity index (χ0) is 19.5. The first kappa shape index (κ1) is 18.4. The van der Waals surface area contributed by atoms with Crippen molar-refractivity contribution in [2.45, 2.75) is 63.0 Å². The molecular weight excluding hydrogens is 352 g/mol. The topological polar surface area (TPSA) is 83.6 Å². The van der Waals surface area contributed by atoms with E-state index in [0.717, 1.165) is 5.57 Å². The minimum Gasteiger partial charge on any atom is -0.458 e. The van der Waals surface area contributed by atoms with Crippen LogP contribution >= 0.6 is 0 Å². The van der Waals surface area contributed by atoms with Crippen LogP contribution < -0.4 is 0 Å².